The lowest BCUT2D eigenvalue weighted by Crippen LogP contribution is -2.47. The molecule has 0 radical (unpaired) electrons. The summed E-state index contributed by atoms with van der Waals surface area (Å²) in [4.78, 5) is 4.23. The number of nitrogens with zero attached hydrogens (tertiary/aromatic N) is 1. The number of aliphatic imine (C=N–C) groups is 1. The molecule has 4 nitrogen and oxygen atoms in total. The molecule has 0 unspecified atom stereocenters. The Hall–Kier alpha value is -1.71. The molecule has 0 bridgehead atoms. The molecule has 0 aliphatic rings. The molecule has 0 saturated heterocycles. The normalized spacial score (nSPS) is 12.2. The number of nitrogens with one attached hydrogen (secondary N) is 2. The molecule has 0 aliphatic carbocycles. The number of rotatable bonds is 4. The predicted octanol–water partition coefficient (Wildman–Crippen LogP) is 2.86. The fourth-order valence-electron chi connectivity index (χ4n) is 1.86. The maximum atomic E-state index is 5.55. The van der Waals surface area contributed by atoms with Crippen molar-refractivity contribution in [1.29, 1.82) is 0 Å². The summed E-state index contributed by atoms with van der Waals surface area (Å²) in [5.74, 6) is 1.76. The fourth-order valence-corrected chi connectivity index (χ4v) is 1.86. The van der Waals surface area contributed by atoms with Gasteiger partial charge in [-0.2, -0.15) is 0 Å². The van der Waals surface area contributed by atoms with Crippen molar-refractivity contribution in [2.75, 3.05) is 13.7 Å². The van der Waals surface area contributed by atoms with Gasteiger partial charge in [0.1, 0.15) is 5.75 Å². The van der Waals surface area contributed by atoms with Crippen LogP contribution in [0.15, 0.2) is 23.2 Å². The lowest BCUT2D eigenvalue weighted by atomic mass is 10.1. The van der Waals surface area contributed by atoms with Crippen LogP contribution in [0.1, 0.15) is 38.8 Å². The maximum Gasteiger partial charge on any atom is 0.191 e. The van der Waals surface area contributed by atoms with Gasteiger partial charge in [-0.15, -0.1) is 0 Å². The zero-order valence-electron chi connectivity index (χ0n) is 13.5. The highest BCUT2D eigenvalue weighted by Crippen LogP contribution is 2.18. The van der Waals surface area contributed by atoms with Crippen molar-refractivity contribution < 1.29 is 4.74 Å². The minimum absolute atomic E-state index is 0.00339. The molecule has 1 aromatic carbocycles. The number of hydrogen-bond donors (Lipinski definition) is 2. The third kappa shape index (κ3) is 5.51. The van der Waals surface area contributed by atoms with E-state index in [9.17, 15) is 0 Å². The van der Waals surface area contributed by atoms with Crippen LogP contribution < -0.4 is 15.4 Å². The SMILES string of the molecule is CCOc1ccc(CNC(=NC)NC(C)(C)C)cc1C. The van der Waals surface area contributed by atoms with E-state index in [1.165, 1.54) is 5.56 Å². The second-order valence-corrected chi connectivity index (χ2v) is 5.83. The summed E-state index contributed by atoms with van der Waals surface area (Å²) in [5.41, 5.74) is 2.36. The van der Waals surface area contributed by atoms with Crippen molar-refractivity contribution in [3.8, 4) is 5.75 Å². The van der Waals surface area contributed by atoms with Gasteiger partial charge in [0.15, 0.2) is 5.96 Å². The van der Waals surface area contributed by atoms with Crippen molar-refractivity contribution >= 4 is 5.96 Å². The maximum absolute atomic E-state index is 5.55. The highest BCUT2D eigenvalue weighted by molar-refractivity contribution is 5.80. The van der Waals surface area contributed by atoms with Gasteiger partial charge in [0.2, 0.25) is 0 Å². The molecule has 1 aromatic rings. The van der Waals surface area contributed by atoms with Crippen LogP contribution in [0.25, 0.3) is 0 Å². The molecule has 0 fully saturated rings. The highest BCUT2D eigenvalue weighted by Gasteiger charge is 2.11. The molecule has 0 atom stereocenters. The summed E-state index contributed by atoms with van der Waals surface area (Å²) in [5, 5.41) is 6.66. The van der Waals surface area contributed by atoms with Gasteiger partial charge >= 0.3 is 0 Å². The van der Waals surface area contributed by atoms with Crippen LogP contribution in [0.2, 0.25) is 0 Å². The summed E-state index contributed by atoms with van der Waals surface area (Å²) in [6.07, 6.45) is 0. The van der Waals surface area contributed by atoms with E-state index in [4.69, 9.17) is 4.74 Å². The second kappa shape index (κ2) is 7.17. The second-order valence-electron chi connectivity index (χ2n) is 5.83. The Kier molecular flexibility index (Phi) is 5.86. The predicted molar refractivity (Wildman–Crippen MR) is 85.4 cm³/mol. The zero-order chi connectivity index (χ0) is 15.2. The van der Waals surface area contributed by atoms with E-state index >= 15 is 0 Å². The molecular weight excluding hydrogens is 250 g/mol. The number of hydrogen-bond acceptors (Lipinski definition) is 2. The van der Waals surface area contributed by atoms with Crippen LogP contribution in [-0.2, 0) is 6.54 Å². The molecule has 0 aromatic heterocycles. The Morgan fingerprint density at radius 3 is 2.50 bits per heavy atom. The van der Waals surface area contributed by atoms with Gasteiger partial charge in [0, 0.05) is 19.1 Å². The van der Waals surface area contributed by atoms with Crippen LogP contribution in [0.4, 0.5) is 0 Å². The molecule has 20 heavy (non-hydrogen) atoms. The number of aryl methyl sites for hydroxylation is 1. The van der Waals surface area contributed by atoms with Crippen LogP contribution in [0.3, 0.4) is 0 Å². The van der Waals surface area contributed by atoms with Crippen LogP contribution in [0.5, 0.6) is 5.75 Å². The number of benzene rings is 1. The van der Waals surface area contributed by atoms with Crippen molar-refractivity contribution in [3.05, 3.63) is 29.3 Å². The van der Waals surface area contributed by atoms with Crippen LogP contribution in [-0.4, -0.2) is 25.2 Å². The van der Waals surface area contributed by atoms with E-state index in [-0.39, 0.29) is 5.54 Å². The minimum atomic E-state index is -0.00339. The summed E-state index contributed by atoms with van der Waals surface area (Å²) < 4.78 is 5.55. The Bertz CT molecular complexity index is 461. The van der Waals surface area contributed by atoms with Crippen LogP contribution in [0, 0.1) is 6.92 Å². The largest absolute Gasteiger partial charge is 0.494 e. The van der Waals surface area contributed by atoms with Gasteiger partial charge in [-0.3, -0.25) is 4.99 Å². The molecule has 4 heteroatoms. The van der Waals surface area contributed by atoms with Gasteiger partial charge in [-0.05, 0) is 51.8 Å². The number of guanidine groups is 1. The summed E-state index contributed by atoms with van der Waals surface area (Å²) >= 11 is 0. The number of ether oxygens (including phenoxy) is 1. The minimum Gasteiger partial charge on any atom is -0.494 e. The topological polar surface area (TPSA) is 45.6 Å². The lowest BCUT2D eigenvalue weighted by Gasteiger charge is -2.23. The van der Waals surface area contributed by atoms with Crippen LogP contribution >= 0.6 is 0 Å². The molecule has 0 saturated carbocycles. The van der Waals surface area contributed by atoms with Gasteiger partial charge in [0.25, 0.3) is 0 Å². The van der Waals surface area contributed by atoms with E-state index in [1.54, 1.807) is 7.05 Å². The Morgan fingerprint density at radius 2 is 2.00 bits per heavy atom. The fraction of sp³-hybridized carbons (Fsp3) is 0.562. The average molecular weight is 277 g/mol. The van der Waals surface area contributed by atoms with E-state index in [0.29, 0.717) is 6.61 Å². The lowest BCUT2D eigenvalue weighted by molar-refractivity contribution is 0.338. The van der Waals surface area contributed by atoms with Crippen molar-refractivity contribution in [2.24, 2.45) is 4.99 Å². The molecule has 112 valence electrons. The molecule has 0 heterocycles. The highest BCUT2D eigenvalue weighted by atomic mass is 16.5. The van der Waals surface area contributed by atoms with Gasteiger partial charge in [-0.25, -0.2) is 0 Å². The molecule has 1 rings (SSSR count). The quantitative estimate of drug-likeness (QED) is 0.657. The molecule has 0 aliphatic heterocycles. The first-order valence-corrected chi connectivity index (χ1v) is 7.07. The molecular formula is C16H27N3O. The standard InChI is InChI=1S/C16H27N3O/c1-7-20-14-9-8-13(10-12(14)2)11-18-15(17-6)19-16(3,4)5/h8-10H,7,11H2,1-6H3,(H2,17,18,19). The monoisotopic (exact) mass is 277 g/mol. The Labute approximate surface area is 122 Å². The Morgan fingerprint density at radius 1 is 1.30 bits per heavy atom. The van der Waals surface area contributed by atoms with E-state index in [1.807, 2.05) is 13.0 Å². The summed E-state index contributed by atoms with van der Waals surface area (Å²) in [6.45, 7) is 11.8. The summed E-state index contributed by atoms with van der Waals surface area (Å²) in [6, 6.07) is 6.24. The first-order chi connectivity index (χ1) is 9.35. The van der Waals surface area contributed by atoms with Crippen molar-refractivity contribution in [2.45, 2.75) is 46.7 Å². The van der Waals surface area contributed by atoms with Gasteiger partial charge in [-0.1, -0.05) is 12.1 Å². The third-order valence-corrected chi connectivity index (χ3v) is 2.72. The van der Waals surface area contributed by atoms with Crippen molar-refractivity contribution in [1.82, 2.24) is 10.6 Å². The first-order valence-electron chi connectivity index (χ1n) is 7.07. The van der Waals surface area contributed by atoms with Gasteiger partial charge < -0.3 is 15.4 Å². The van der Waals surface area contributed by atoms with E-state index in [2.05, 4.69) is 55.5 Å². The van der Waals surface area contributed by atoms with E-state index < -0.39 is 0 Å². The average Bonchev–Trinajstić information content (AvgIpc) is 2.36. The smallest absolute Gasteiger partial charge is 0.191 e. The molecule has 0 spiro atoms. The van der Waals surface area contributed by atoms with Crippen molar-refractivity contribution in [3.63, 3.8) is 0 Å². The van der Waals surface area contributed by atoms with Gasteiger partial charge in [0.05, 0.1) is 6.61 Å². The molecule has 0 amide bonds. The Balaban J connectivity index is 2.63. The first kappa shape index (κ1) is 16.3. The van der Waals surface area contributed by atoms with E-state index in [0.717, 1.165) is 23.8 Å². The summed E-state index contributed by atoms with van der Waals surface area (Å²) in [7, 11) is 1.78. The molecule has 2 N–H and O–H groups in total. The third-order valence-electron chi connectivity index (χ3n) is 2.72. The zero-order valence-corrected chi connectivity index (χ0v) is 13.5.